The van der Waals surface area contributed by atoms with Crippen LogP contribution in [0.15, 0.2) is 0 Å². The molecule has 1 unspecified atom stereocenters. The van der Waals surface area contributed by atoms with Crippen molar-refractivity contribution in [3.8, 4) is 0 Å². The van der Waals surface area contributed by atoms with Crippen LogP contribution in [0.5, 0.6) is 0 Å². The lowest BCUT2D eigenvalue weighted by molar-refractivity contribution is -0.136. The smallest absolute Gasteiger partial charge is 0.225 e. The van der Waals surface area contributed by atoms with Crippen LogP contribution < -0.4 is 5.73 Å². The topological polar surface area (TPSA) is 63.4 Å². The van der Waals surface area contributed by atoms with E-state index in [2.05, 4.69) is 0 Å². The number of nitrogens with two attached hydrogens (primary N) is 1. The summed E-state index contributed by atoms with van der Waals surface area (Å²) in [5, 5.41) is 0. The highest BCUT2D eigenvalue weighted by Crippen LogP contribution is 2.10. The molecule has 0 heterocycles. The van der Waals surface area contributed by atoms with Crippen LogP contribution >= 0.6 is 0 Å². The number of nitrogens with zero attached hydrogens (tertiary/aromatic N) is 1. The number of amides is 2. The minimum Gasteiger partial charge on any atom is -0.370 e. The van der Waals surface area contributed by atoms with E-state index in [9.17, 15) is 9.59 Å². The quantitative estimate of drug-likeness (QED) is 0.674. The maximum atomic E-state index is 11.6. The highest BCUT2D eigenvalue weighted by Gasteiger charge is 2.20. The number of hydrogen-bond donors (Lipinski definition) is 1. The molecule has 0 aliphatic rings. The van der Waals surface area contributed by atoms with Crippen molar-refractivity contribution in [3.05, 3.63) is 0 Å². The molecule has 0 rings (SSSR count). The van der Waals surface area contributed by atoms with E-state index in [4.69, 9.17) is 5.73 Å². The van der Waals surface area contributed by atoms with Crippen molar-refractivity contribution in [2.75, 3.05) is 13.6 Å². The average Bonchev–Trinajstić information content (AvgIpc) is 2.11. The van der Waals surface area contributed by atoms with E-state index in [-0.39, 0.29) is 18.2 Å². The van der Waals surface area contributed by atoms with Gasteiger partial charge in [-0.05, 0) is 13.3 Å². The van der Waals surface area contributed by atoms with Gasteiger partial charge in [-0.2, -0.15) is 0 Å². The van der Waals surface area contributed by atoms with Crippen molar-refractivity contribution in [3.63, 3.8) is 0 Å². The first-order chi connectivity index (χ1) is 6.02. The second-order valence-corrected chi connectivity index (χ2v) is 3.13. The number of primary amides is 1. The van der Waals surface area contributed by atoms with Crippen LogP contribution in [-0.2, 0) is 9.59 Å². The Morgan fingerprint density at radius 2 is 1.92 bits per heavy atom. The zero-order valence-corrected chi connectivity index (χ0v) is 8.54. The van der Waals surface area contributed by atoms with Crippen molar-refractivity contribution < 1.29 is 9.59 Å². The highest BCUT2D eigenvalue weighted by atomic mass is 16.2. The fourth-order valence-corrected chi connectivity index (χ4v) is 1.12. The summed E-state index contributed by atoms with van der Waals surface area (Å²) < 4.78 is 0. The van der Waals surface area contributed by atoms with Crippen molar-refractivity contribution in [1.82, 2.24) is 4.90 Å². The molecule has 1 atom stereocenters. The van der Waals surface area contributed by atoms with E-state index in [0.717, 1.165) is 0 Å². The normalized spacial score (nSPS) is 12.2. The molecule has 0 aliphatic heterocycles. The van der Waals surface area contributed by atoms with Gasteiger partial charge in [-0.25, -0.2) is 0 Å². The fourth-order valence-electron chi connectivity index (χ4n) is 1.12. The summed E-state index contributed by atoms with van der Waals surface area (Å²) in [6, 6.07) is 0. The Bertz CT molecular complexity index is 192. The molecule has 4 heteroatoms. The lowest BCUT2D eigenvalue weighted by atomic mass is 10.0. The van der Waals surface area contributed by atoms with Gasteiger partial charge >= 0.3 is 0 Å². The van der Waals surface area contributed by atoms with Crippen molar-refractivity contribution in [1.29, 1.82) is 0 Å². The summed E-state index contributed by atoms with van der Waals surface area (Å²) in [5.41, 5.74) is 5.04. The molecule has 0 saturated heterocycles. The average molecular weight is 186 g/mol. The summed E-state index contributed by atoms with van der Waals surface area (Å²) in [7, 11) is 1.73. The largest absolute Gasteiger partial charge is 0.370 e. The predicted octanol–water partition coefficient (Wildman–Crippen LogP) is 0.366. The van der Waals surface area contributed by atoms with Gasteiger partial charge in [-0.15, -0.1) is 0 Å². The molecule has 0 spiro atoms. The first-order valence-corrected chi connectivity index (χ1v) is 4.56. The molecule has 0 aliphatic carbocycles. The predicted molar refractivity (Wildman–Crippen MR) is 50.9 cm³/mol. The molecule has 0 aromatic rings. The second kappa shape index (κ2) is 5.56. The molecular weight excluding hydrogens is 168 g/mol. The number of hydrogen-bond acceptors (Lipinski definition) is 2. The summed E-state index contributed by atoms with van der Waals surface area (Å²) >= 11 is 0. The molecule has 0 saturated carbocycles. The second-order valence-electron chi connectivity index (χ2n) is 3.13. The zero-order chi connectivity index (χ0) is 10.4. The van der Waals surface area contributed by atoms with Crippen molar-refractivity contribution in [2.45, 2.75) is 26.7 Å². The monoisotopic (exact) mass is 186 g/mol. The maximum Gasteiger partial charge on any atom is 0.225 e. The van der Waals surface area contributed by atoms with Crippen LogP contribution in [0.3, 0.4) is 0 Å². The van der Waals surface area contributed by atoms with Crippen LogP contribution in [0, 0.1) is 5.92 Å². The van der Waals surface area contributed by atoms with E-state index < -0.39 is 5.91 Å². The van der Waals surface area contributed by atoms with Gasteiger partial charge in [-0.1, -0.05) is 6.92 Å². The van der Waals surface area contributed by atoms with E-state index in [0.29, 0.717) is 13.0 Å². The molecule has 0 aromatic carbocycles. The van der Waals surface area contributed by atoms with Gasteiger partial charge in [0.25, 0.3) is 0 Å². The Morgan fingerprint density at radius 1 is 1.38 bits per heavy atom. The first kappa shape index (κ1) is 11.9. The van der Waals surface area contributed by atoms with Gasteiger partial charge in [-0.3, -0.25) is 9.59 Å². The van der Waals surface area contributed by atoms with Crippen LogP contribution in [0.2, 0.25) is 0 Å². The Kier molecular flexibility index (Phi) is 5.11. The van der Waals surface area contributed by atoms with Crippen LogP contribution in [0.4, 0.5) is 0 Å². The van der Waals surface area contributed by atoms with Gasteiger partial charge in [0.05, 0.1) is 0 Å². The Labute approximate surface area is 79.1 Å². The van der Waals surface area contributed by atoms with Gasteiger partial charge < -0.3 is 10.6 Å². The molecule has 2 N–H and O–H groups in total. The van der Waals surface area contributed by atoms with E-state index in [1.165, 1.54) is 0 Å². The Balaban J connectivity index is 4.22. The van der Waals surface area contributed by atoms with Crippen LogP contribution in [0.1, 0.15) is 26.7 Å². The van der Waals surface area contributed by atoms with Crippen molar-refractivity contribution in [2.24, 2.45) is 11.7 Å². The first-order valence-electron chi connectivity index (χ1n) is 4.56. The molecule has 76 valence electrons. The number of rotatable bonds is 5. The summed E-state index contributed by atoms with van der Waals surface area (Å²) in [6.07, 6.45) is 0.811. The third kappa shape index (κ3) is 3.92. The lowest BCUT2D eigenvalue weighted by Gasteiger charge is -2.20. The molecule has 13 heavy (non-hydrogen) atoms. The fraction of sp³-hybridized carbons (Fsp3) is 0.778. The Morgan fingerprint density at radius 3 is 2.23 bits per heavy atom. The van der Waals surface area contributed by atoms with Gasteiger partial charge in [0.15, 0.2) is 0 Å². The number of carbonyl (C=O) groups excluding carboxylic acids is 2. The molecule has 4 nitrogen and oxygen atoms in total. The molecule has 0 radical (unpaired) electrons. The zero-order valence-electron chi connectivity index (χ0n) is 8.54. The molecule has 0 fully saturated rings. The minimum absolute atomic E-state index is 0.00352. The highest BCUT2D eigenvalue weighted by molar-refractivity contribution is 5.84. The number of carbonyl (C=O) groups is 2. The third-order valence-corrected chi connectivity index (χ3v) is 2.14. The Hall–Kier alpha value is -1.06. The summed E-state index contributed by atoms with van der Waals surface area (Å²) in [4.78, 5) is 23.8. The molecular formula is C9H18N2O2. The molecule has 0 aromatic heterocycles. The summed E-state index contributed by atoms with van der Waals surface area (Å²) in [5.74, 6) is -0.657. The minimum atomic E-state index is -0.412. The lowest BCUT2D eigenvalue weighted by Crippen LogP contribution is -2.34. The van der Waals surface area contributed by atoms with E-state index in [1.54, 1.807) is 11.9 Å². The van der Waals surface area contributed by atoms with E-state index >= 15 is 0 Å². The van der Waals surface area contributed by atoms with Crippen LogP contribution in [0.25, 0.3) is 0 Å². The molecule has 0 bridgehead atoms. The molecule has 2 amide bonds. The van der Waals surface area contributed by atoms with E-state index in [1.807, 2.05) is 13.8 Å². The van der Waals surface area contributed by atoms with Crippen molar-refractivity contribution >= 4 is 11.8 Å². The standard InChI is InChI=1S/C9H18N2O2/c1-4-7(6-8(10)12)9(13)11(3)5-2/h7H,4-6H2,1-3H3,(H2,10,12). The van der Waals surface area contributed by atoms with Gasteiger partial charge in [0.2, 0.25) is 11.8 Å². The SMILES string of the molecule is CCC(CC(N)=O)C(=O)N(C)CC. The van der Waals surface area contributed by atoms with Gasteiger partial charge in [0, 0.05) is 25.9 Å². The van der Waals surface area contributed by atoms with Gasteiger partial charge in [0.1, 0.15) is 0 Å². The summed E-state index contributed by atoms with van der Waals surface area (Å²) in [6.45, 7) is 4.44. The third-order valence-electron chi connectivity index (χ3n) is 2.14. The van der Waals surface area contributed by atoms with Crippen LogP contribution in [-0.4, -0.2) is 30.3 Å². The maximum absolute atomic E-state index is 11.6.